The first-order valence-corrected chi connectivity index (χ1v) is 11.9. The highest BCUT2D eigenvalue weighted by atomic mass is 16.4. The van der Waals surface area contributed by atoms with Gasteiger partial charge in [0.15, 0.2) is 0 Å². The monoisotopic (exact) mass is 506 g/mol. The Morgan fingerprint density at radius 3 is 1.72 bits per heavy atom. The Labute approximate surface area is 211 Å². The first-order chi connectivity index (χ1) is 16.8. The van der Waals surface area contributed by atoms with Crippen LogP contribution in [0.3, 0.4) is 0 Å². The number of hydrogen-bond donors (Lipinski definition) is 6. The zero-order valence-corrected chi connectivity index (χ0v) is 21.2. The Morgan fingerprint density at radius 1 is 0.750 bits per heavy atom. The van der Waals surface area contributed by atoms with Gasteiger partial charge in [0.2, 0.25) is 17.7 Å². The van der Waals surface area contributed by atoms with Gasteiger partial charge in [0.05, 0.1) is 12.5 Å². The number of benzene rings is 1. The van der Waals surface area contributed by atoms with Gasteiger partial charge in [-0.3, -0.25) is 19.2 Å². The first-order valence-electron chi connectivity index (χ1n) is 11.9. The van der Waals surface area contributed by atoms with Gasteiger partial charge < -0.3 is 31.9 Å². The van der Waals surface area contributed by atoms with Gasteiger partial charge in [-0.05, 0) is 36.7 Å². The van der Waals surface area contributed by atoms with Crippen molar-refractivity contribution in [3.63, 3.8) is 0 Å². The van der Waals surface area contributed by atoms with Crippen molar-refractivity contribution in [3.05, 3.63) is 35.9 Å². The van der Waals surface area contributed by atoms with Gasteiger partial charge in [-0.1, -0.05) is 58.0 Å². The molecule has 0 aliphatic carbocycles. The molecule has 36 heavy (non-hydrogen) atoms. The number of carboxylic acids is 2. The molecule has 0 spiro atoms. The number of carbonyl (C=O) groups is 5. The standard InChI is InChI=1S/C25H38N4O7/c1-14(2)10-18(23(33)29-20(25(35)36)11-15(3)4)28-24(34)19(13-21(30)31)27-22(32)17(26)12-16-8-6-5-7-9-16/h5-9,14-15,17-20H,10-13,26H2,1-4H3,(H,27,32)(H,28,34)(H,29,33)(H,30,31)(H,35,36). The molecule has 200 valence electrons. The summed E-state index contributed by atoms with van der Waals surface area (Å²) in [5.41, 5.74) is 6.75. The van der Waals surface area contributed by atoms with E-state index in [1.54, 1.807) is 24.3 Å². The van der Waals surface area contributed by atoms with E-state index in [9.17, 15) is 34.2 Å². The number of nitrogens with one attached hydrogen (secondary N) is 3. The maximum atomic E-state index is 13.0. The number of carboxylic acid groups (broad SMARTS) is 2. The third kappa shape index (κ3) is 11.3. The van der Waals surface area contributed by atoms with E-state index < -0.39 is 60.2 Å². The molecule has 7 N–H and O–H groups in total. The summed E-state index contributed by atoms with van der Waals surface area (Å²) in [5, 5.41) is 26.0. The molecule has 0 fully saturated rings. The highest BCUT2D eigenvalue weighted by molar-refractivity contribution is 5.95. The van der Waals surface area contributed by atoms with Crippen LogP contribution in [-0.4, -0.2) is 64.0 Å². The Morgan fingerprint density at radius 2 is 1.22 bits per heavy atom. The predicted molar refractivity (Wildman–Crippen MR) is 133 cm³/mol. The maximum absolute atomic E-state index is 13.0. The predicted octanol–water partition coefficient (Wildman–Crippen LogP) is 0.662. The van der Waals surface area contributed by atoms with Gasteiger partial charge in [0.25, 0.3) is 0 Å². The average Bonchev–Trinajstić information content (AvgIpc) is 2.77. The van der Waals surface area contributed by atoms with Crippen molar-refractivity contribution >= 4 is 29.7 Å². The summed E-state index contributed by atoms with van der Waals surface area (Å²) in [6.07, 6.45) is -0.178. The molecule has 0 aromatic heterocycles. The van der Waals surface area contributed by atoms with Crippen LogP contribution in [-0.2, 0) is 30.4 Å². The minimum atomic E-state index is -1.48. The zero-order valence-electron chi connectivity index (χ0n) is 21.2. The highest BCUT2D eigenvalue weighted by Crippen LogP contribution is 2.10. The van der Waals surface area contributed by atoms with Crippen LogP contribution in [0.15, 0.2) is 30.3 Å². The minimum absolute atomic E-state index is 0.000191. The summed E-state index contributed by atoms with van der Waals surface area (Å²) in [7, 11) is 0. The van der Waals surface area contributed by atoms with Crippen molar-refractivity contribution in [3.8, 4) is 0 Å². The molecule has 0 saturated heterocycles. The molecule has 0 aliphatic rings. The van der Waals surface area contributed by atoms with Crippen molar-refractivity contribution in [2.45, 2.75) is 77.5 Å². The lowest BCUT2D eigenvalue weighted by Crippen LogP contribution is -2.58. The van der Waals surface area contributed by atoms with Crippen LogP contribution in [0.1, 0.15) is 52.5 Å². The molecule has 11 nitrogen and oxygen atoms in total. The lowest BCUT2D eigenvalue weighted by Gasteiger charge is -2.26. The van der Waals surface area contributed by atoms with E-state index in [2.05, 4.69) is 16.0 Å². The molecule has 0 aliphatic heterocycles. The van der Waals surface area contributed by atoms with Crippen LogP contribution in [0.2, 0.25) is 0 Å². The molecular weight excluding hydrogens is 468 g/mol. The zero-order chi connectivity index (χ0) is 27.4. The third-order valence-electron chi connectivity index (χ3n) is 5.31. The lowest BCUT2D eigenvalue weighted by atomic mass is 10.00. The fourth-order valence-corrected chi connectivity index (χ4v) is 3.56. The van der Waals surface area contributed by atoms with E-state index >= 15 is 0 Å². The fourth-order valence-electron chi connectivity index (χ4n) is 3.56. The van der Waals surface area contributed by atoms with Crippen molar-refractivity contribution < 1.29 is 34.2 Å². The summed E-state index contributed by atoms with van der Waals surface area (Å²) >= 11 is 0. The Balaban J connectivity index is 2.97. The first kappa shape index (κ1) is 30.6. The second-order valence-electron chi connectivity index (χ2n) is 9.67. The molecular formula is C25H38N4O7. The van der Waals surface area contributed by atoms with E-state index in [4.69, 9.17) is 5.73 Å². The van der Waals surface area contributed by atoms with E-state index in [-0.39, 0.29) is 31.1 Å². The van der Waals surface area contributed by atoms with E-state index in [0.717, 1.165) is 5.56 Å². The topological polar surface area (TPSA) is 188 Å². The third-order valence-corrected chi connectivity index (χ3v) is 5.31. The molecule has 0 bridgehead atoms. The fraction of sp³-hybridized carbons (Fsp3) is 0.560. The summed E-state index contributed by atoms with van der Waals surface area (Å²) in [6.45, 7) is 7.26. The highest BCUT2D eigenvalue weighted by Gasteiger charge is 2.32. The SMILES string of the molecule is CC(C)CC(NC(=O)C(CC(C)C)NC(=O)C(CC(=O)O)NC(=O)C(N)Cc1ccccc1)C(=O)O. The molecule has 0 radical (unpaired) electrons. The average molecular weight is 507 g/mol. The van der Waals surface area contributed by atoms with Crippen LogP contribution < -0.4 is 21.7 Å². The Hall–Kier alpha value is -3.47. The van der Waals surface area contributed by atoms with Gasteiger partial charge in [-0.2, -0.15) is 0 Å². The van der Waals surface area contributed by atoms with Gasteiger partial charge in [0.1, 0.15) is 18.1 Å². The molecule has 1 aromatic rings. The van der Waals surface area contributed by atoms with Gasteiger partial charge in [0, 0.05) is 0 Å². The smallest absolute Gasteiger partial charge is 0.326 e. The van der Waals surface area contributed by atoms with Crippen LogP contribution in [0.25, 0.3) is 0 Å². The van der Waals surface area contributed by atoms with E-state index in [1.165, 1.54) is 0 Å². The van der Waals surface area contributed by atoms with E-state index in [1.807, 2.05) is 33.8 Å². The second-order valence-corrected chi connectivity index (χ2v) is 9.67. The number of carbonyl (C=O) groups excluding carboxylic acids is 3. The van der Waals surface area contributed by atoms with Crippen LogP contribution in [0, 0.1) is 11.8 Å². The molecule has 4 atom stereocenters. The largest absolute Gasteiger partial charge is 0.481 e. The molecule has 0 heterocycles. The number of amides is 3. The number of nitrogens with two attached hydrogens (primary N) is 1. The van der Waals surface area contributed by atoms with Crippen molar-refractivity contribution in [2.24, 2.45) is 17.6 Å². The molecule has 0 saturated carbocycles. The summed E-state index contributed by atoms with van der Waals surface area (Å²) in [4.78, 5) is 61.4. The van der Waals surface area contributed by atoms with Crippen LogP contribution in [0.5, 0.6) is 0 Å². The number of hydrogen-bond acceptors (Lipinski definition) is 6. The molecule has 4 unspecified atom stereocenters. The summed E-state index contributed by atoms with van der Waals surface area (Å²) in [5.74, 6) is -4.88. The minimum Gasteiger partial charge on any atom is -0.481 e. The van der Waals surface area contributed by atoms with Crippen LogP contribution >= 0.6 is 0 Å². The molecule has 11 heteroatoms. The molecule has 1 aromatic carbocycles. The van der Waals surface area contributed by atoms with Crippen molar-refractivity contribution in [1.29, 1.82) is 0 Å². The van der Waals surface area contributed by atoms with Crippen molar-refractivity contribution in [2.75, 3.05) is 0 Å². The van der Waals surface area contributed by atoms with Gasteiger partial charge >= 0.3 is 11.9 Å². The van der Waals surface area contributed by atoms with Gasteiger partial charge in [-0.25, -0.2) is 4.79 Å². The number of aliphatic carboxylic acids is 2. The van der Waals surface area contributed by atoms with Crippen molar-refractivity contribution in [1.82, 2.24) is 16.0 Å². The normalized spacial score (nSPS) is 14.4. The Kier molecular flexibility index (Phi) is 12.6. The molecule has 3 amide bonds. The van der Waals surface area contributed by atoms with Crippen LogP contribution in [0.4, 0.5) is 0 Å². The Bertz CT molecular complexity index is 905. The maximum Gasteiger partial charge on any atom is 0.326 e. The number of rotatable bonds is 15. The quantitative estimate of drug-likeness (QED) is 0.200. The van der Waals surface area contributed by atoms with E-state index in [0.29, 0.717) is 0 Å². The second kappa shape index (κ2) is 14.8. The summed E-state index contributed by atoms with van der Waals surface area (Å²) in [6, 6.07) is 4.18. The summed E-state index contributed by atoms with van der Waals surface area (Å²) < 4.78 is 0. The molecule has 1 rings (SSSR count). The lowest BCUT2D eigenvalue weighted by molar-refractivity contribution is -0.143. The van der Waals surface area contributed by atoms with Gasteiger partial charge in [-0.15, -0.1) is 0 Å².